The molecule has 2 aliphatic rings. The van der Waals surface area contributed by atoms with E-state index in [0.29, 0.717) is 23.4 Å². The standard InChI is InChI=1S/C19H20Cl2N4O3/c1-18(13-6-5-12(20)9-14(13)21)16(27)25(17(28)24-18)10-15(26)23-19(11-22)7-3-2-4-8-19/h5-6,9H,2-4,7-8,10H2,1H3,(H,23,26)(H,24,28). The van der Waals surface area contributed by atoms with Crippen molar-refractivity contribution in [2.24, 2.45) is 0 Å². The molecule has 148 valence electrons. The van der Waals surface area contributed by atoms with Crippen molar-refractivity contribution in [3.63, 3.8) is 0 Å². The van der Waals surface area contributed by atoms with Gasteiger partial charge in [0.25, 0.3) is 5.91 Å². The average molecular weight is 423 g/mol. The van der Waals surface area contributed by atoms with Crippen LogP contribution in [-0.2, 0) is 15.1 Å². The SMILES string of the molecule is CC1(c2ccc(Cl)cc2Cl)NC(=O)N(CC(=O)NC2(C#N)CCCCC2)C1=O. The number of nitriles is 1. The summed E-state index contributed by atoms with van der Waals surface area (Å²) in [5, 5.41) is 15.5. The highest BCUT2D eigenvalue weighted by Crippen LogP contribution is 2.35. The van der Waals surface area contributed by atoms with Gasteiger partial charge in [-0.1, -0.05) is 48.5 Å². The molecule has 1 unspecified atom stereocenters. The van der Waals surface area contributed by atoms with Gasteiger partial charge >= 0.3 is 6.03 Å². The number of carbonyl (C=O) groups excluding carboxylic acids is 3. The lowest BCUT2D eigenvalue weighted by molar-refractivity contribution is -0.135. The molecular formula is C19H20Cl2N4O3. The summed E-state index contributed by atoms with van der Waals surface area (Å²) in [6.07, 6.45) is 3.85. The quantitative estimate of drug-likeness (QED) is 0.727. The molecule has 1 heterocycles. The minimum Gasteiger partial charge on any atom is -0.336 e. The highest BCUT2D eigenvalue weighted by molar-refractivity contribution is 6.35. The van der Waals surface area contributed by atoms with Gasteiger partial charge in [0.15, 0.2) is 0 Å². The lowest BCUT2D eigenvalue weighted by Crippen LogP contribution is -2.52. The fourth-order valence-corrected chi connectivity index (χ4v) is 4.39. The Bertz CT molecular complexity index is 876. The predicted molar refractivity (Wildman–Crippen MR) is 104 cm³/mol. The minimum absolute atomic E-state index is 0.237. The van der Waals surface area contributed by atoms with Crippen LogP contribution in [0.25, 0.3) is 0 Å². The van der Waals surface area contributed by atoms with Crippen LogP contribution in [0.3, 0.4) is 0 Å². The van der Waals surface area contributed by atoms with E-state index in [0.717, 1.165) is 24.2 Å². The third-order valence-corrected chi connectivity index (χ3v) is 5.89. The van der Waals surface area contributed by atoms with Gasteiger partial charge in [-0.15, -0.1) is 0 Å². The van der Waals surface area contributed by atoms with Crippen LogP contribution in [-0.4, -0.2) is 34.8 Å². The number of hydrogen-bond acceptors (Lipinski definition) is 4. The summed E-state index contributed by atoms with van der Waals surface area (Å²) in [5.41, 5.74) is -1.95. The van der Waals surface area contributed by atoms with Crippen molar-refractivity contribution >= 4 is 41.0 Å². The highest BCUT2D eigenvalue weighted by Gasteiger charge is 2.50. The van der Waals surface area contributed by atoms with E-state index in [1.165, 1.54) is 13.0 Å². The van der Waals surface area contributed by atoms with E-state index in [1.807, 2.05) is 0 Å². The molecule has 0 aromatic heterocycles. The zero-order chi connectivity index (χ0) is 20.5. The Kier molecular flexibility index (Phi) is 5.55. The van der Waals surface area contributed by atoms with Crippen molar-refractivity contribution < 1.29 is 14.4 Å². The number of amides is 4. The van der Waals surface area contributed by atoms with E-state index < -0.39 is 35.5 Å². The lowest BCUT2D eigenvalue weighted by Gasteiger charge is -2.32. The first kappa shape index (κ1) is 20.4. The van der Waals surface area contributed by atoms with E-state index >= 15 is 0 Å². The number of hydrogen-bond donors (Lipinski definition) is 2. The molecule has 0 bridgehead atoms. The Morgan fingerprint density at radius 1 is 1.29 bits per heavy atom. The molecule has 1 aromatic rings. The van der Waals surface area contributed by atoms with Crippen LogP contribution in [0.15, 0.2) is 18.2 Å². The Labute approximate surface area is 173 Å². The van der Waals surface area contributed by atoms with Gasteiger partial charge in [-0.2, -0.15) is 5.26 Å². The number of carbonyl (C=O) groups is 3. The van der Waals surface area contributed by atoms with Crippen LogP contribution in [0.5, 0.6) is 0 Å². The summed E-state index contributed by atoms with van der Waals surface area (Å²) < 4.78 is 0. The smallest absolute Gasteiger partial charge is 0.325 e. The first-order chi connectivity index (χ1) is 13.2. The Morgan fingerprint density at radius 3 is 2.57 bits per heavy atom. The molecule has 3 rings (SSSR count). The number of nitrogens with zero attached hydrogens (tertiary/aromatic N) is 2. The Morgan fingerprint density at radius 2 is 1.96 bits per heavy atom. The lowest BCUT2D eigenvalue weighted by atomic mass is 9.83. The number of halogens is 2. The van der Waals surface area contributed by atoms with Gasteiger partial charge in [0.2, 0.25) is 5.91 Å². The van der Waals surface area contributed by atoms with Crippen molar-refractivity contribution in [3.8, 4) is 6.07 Å². The normalized spacial score (nSPS) is 23.9. The molecule has 28 heavy (non-hydrogen) atoms. The molecule has 7 nitrogen and oxygen atoms in total. The van der Waals surface area contributed by atoms with E-state index in [-0.39, 0.29) is 5.02 Å². The van der Waals surface area contributed by atoms with Crippen LogP contribution < -0.4 is 10.6 Å². The van der Waals surface area contributed by atoms with E-state index in [1.54, 1.807) is 12.1 Å². The molecule has 1 aliphatic heterocycles. The number of nitrogens with one attached hydrogen (secondary N) is 2. The fraction of sp³-hybridized carbons (Fsp3) is 0.474. The number of rotatable bonds is 4. The molecule has 2 fully saturated rings. The maximum Gasteiger partial charge on any atom is 0.325 e. The molecular weight excluding hydrogens is 403 g/mol. The number of benzene rings is 1. The second kappa shape index (κ2) is 7.61. The zero-order valence-corrected chi connectivity index (χ0v) is 16.9. The molecule has 1 atom stereocenters. The largest absolute Gasteiger partial charge is 0.336 e. The molecule has 1 saturated heterocycles. The van der Waals surface area contributed by atoms with E-state index in [2.05, 4.69) is 16.7 Å². The first-order valence-electron chi connectivity index (χ1n) is 9.03. The van der Waals surface area contributed by atoms with Crippen LogP contribution >= 0.6 is 23.2 Å². The molecule has 9 heteroatoms. The van der Waals surface area contributed by atoms with Gasteiger partial charge in [0.1, 0.15) is 17.6 Å². The van der Waals surface area contributed by atoms with Crippen LogP contribution in [0.4, 0.5) is 4.79 Å². The van der Waals surface area contributed by atoms with Crippen molar-refractivity contribution in [2.75, 3.05) is 6.54 Å². The van der Waals surface area contributed by atoms with Gasteiger partial charge in [0, 0.05) is 15.6 Å². The van der Waals surface area contributed by atoms with Gasteiger partial charge in [-0.25, -0.2) is 4.79 Å². The van der Waals surface area contributed by atoms with E-state index in [4.69, 9.17) is 23.2 Å². The second-order valence-corrected chi connectivity index (χ2v) is 8.22. The monoisotopic (exact) mass is 422 g/mol. The summed E-state index contributed by atoms with van der Waals surface area (Å²) >= 11 is 12.1. The highest BCUT2D eigenvalue weighted by atomic mass is 35.5. The summed E-state index contributed by atoms with van der Waals surface area (Å²) in [4.78, 5) is 38.7. The van der Waals surface area contributed by atoms with Crippen molar-refractivity contribution in [2.45, 2.75) is 50.1 Å². The minimum atomic E-state index is -1.41. The maximum absolute atomic E-state index is 13.0. The van der Waals surface area contributed by atoms with Gasteiger partial charge in [0.05, 0.1) is 6.07 Å². The number of urea groups is 1. The van der Waals surface area contributed by atoms with Crippen molar-refractivity contribution in [1.29, 1.82) is 5.26 Å². The summed E-state index contributed by atoms with van der Waals surface area (Å²) in [6.45, 7) is 1.06. The first-order valence-corrected chi connectivity index (χ1v) is 9.78. The van der Waals surface area contributed by atoms with Crippen LogP contribution in [0.1, 0.15) is 44.6 Å². The van der Waals surface area contributed by atoms with Gasteiger partial charge in [-0.3, -0.25) is 14.5 Å². The van der Waals surface area contributed by atoms with Crippen LogP contribution in [0, 0.1) is 11.3 Å². The molecule has 4 amide bonds. The predicted octanol–water partition coefficient (Wildman–Crippen LogP) is 3.10. The van der Waals surface area contributed by atoms with Crippen molar-refractivity contribution in [1.82, 2.24) is 15.5 Å². The Balaban J connectivity index is 1.76. The van der Waals surface area contributed by atoms with E-state index in [9.17, 15) is 19.6 Å². The second-order valence-electron chi connectivity index (χ2n) is 7.37. The molecule has 1 saturated carbocycles. The van der Waals surface area contributed by atoms with Crippen molar-refractivity contribution in [3.05, 3.63) is 33.8 Å². The van der Waals surface area contributed by atoms with Gasteiger partial charge < -0.3 is 10.6 Å². The molecule has 2 N–H and O–H groups in total. The third kappa shape index (κ3) is 3.67. The molecule has 0 radical (unpaired) electrons. The zero-order valence-electron chi connectivity index (χ0n) is 15.3. The Hall–Kier alpha value is -2.30. The molecule has 1 aliphatic carbocycles. The fourth-order valence-electron chi connectivity index (χ4n) is 3.79. The van der Waals surface area contributed by atoms with Gasteiger partial charge in [-0.05, 0) is 31.9 Å². The molecule has 0 spiro atoms. The molecule has 1 aromatic carbocycles. The number of imide groups is 1. The summed E-state index contributed by atoms with van der Waals surface area (Å²) in [6, 6.07) is 6.12. The summed E-state index contributed by atoms with van der Waals surface area (Å²) in [7, 11) is 0. The third-order valence-electron chi connectivity index (χ3n) is 5.35. The average Bonchev–Trinajstić information content (AvgIpc) is 2.86. The van der Waals surface area contributed by atoms with Crippen LogP contribution in [0.2, 0.25) is 10.0 Å². The topological polar surface area (TPSA) is 102 Å². The summed E-state index contributed by atoms with van der Waals surface area (Å²) in [5.74, 6) is -1.13. The maximum atomic E-state index is 13.0.